The second-order valence-corrected chi connectivity index (χ2v) is 6.52. The normalized spacial score (nSPS) is 13.6. The molecule has 0 fully saturated rings. The lowest BCUT2D eigenvalue weighted by atomic mass is 9.97. The number of aryl methyl sites for hydroxylation is 1. The molecule has 25 heavy (non-hydrogen) atoms. The van der Waals surface area contributed by atoms with Crippen molar-refractivity contribution in [3.05, 3.63) is 56.7 Å². The van der Waals surface area contributed by atoms with Crippen LogP contribution in [0.4, 0.5) is 5.69 Å². The van der Waals surface area contributed by atoms with E-state index in [-0.39, 0.29) is 17.9 Å². The number of benzene rings is 1. The van der Waals surface area contributed by atoms with Crippen molar-refractivity contribution < 1.29 is 4.79 Å². The van der Waals surface area contributed by atoms with Crippen molar-refractivity contribution >= 4 is 29.0 Å². The molecular formula is C17H16ClN5O2. The third-order valence-corrected chi connectivity index (χ3v) is 4.52. The smallest absolute Gasteiger partial charge is 0.277 e. The molecule has 2 N–H and O–H groups in total. The third kappa shape index (κ3) is 3.15. The first-order valence-electron chi connectivity index (χ1n) is 8.15. The van der Waals surface area contributed by atoms with Gasteiger partial charge in [0, 0.05) is 16.3 Å². The fourth-order valence-corrected chi connectivity index (χ4v) is 3.19. The van der Waals surface area contributed by atoms with Crippen LogP contribution in [0.25, 0.3) is 5.78 Å². The van der Waals surface area contributed by atoms with Gasteiger partial charge in [-0.25, -0.2) is 4.98 Å². The van der Waals surface area contributed by atoms with Crippen LogP contribution in [-0.2, 0) is 24.1 Å². The second-order valence-electron chi connectivity index (χ2n) is 6.09. The van der Waals surface area contributed by atoms with E-state index < -0.39 is 0 Å². The summed E-state index contributed by atoms with van der Waals surface area (Å²) in [5.74, 6) is 0.484. The lowest BCUT2D eigenvalue weighted by molar-refractivity contribution is -0.115. The summed E-state index contributed by atoms with van der Waals surface area (Å²) in [4.78, 5) is 33.5. The number of carbonyl (C=O) groups is 1. The van der Waals surface area contributed by atoms with Gasteiger partial charge in [0.1, 0.15) is 5.82 Å². The van der Waals surface area contributed by atoms with Crippen LogP contribution >= 0.6 is 11.6 Å². The topological polar surface area (TPSA) is 92.2 Å². The zero-order valence-electron chi connectivity index (χ0n) is 13.4. The number of hydrogen-bond donors (Lipinski definition) is 2. The molecule has 128 valence electrons. The van der Waals surface area contributed by atoms with Crippen LogP contribution in [-0.4, -0.2) is 25.5 Å². The first-order chi connectivity index (χ1) is 12.1. The molecule has 4 rings (SSSR count). The third-order valence-electron chi connectivity index (χ3n) is 4.27. The van der Waals surface area contributed by atoms with Gasteiger partial charge in [-0.2, -0.15) is 9.50 Å². The molecule has 0 aliphatic heterocycles. The number of amides is 1. The van der Waals surface area contributed by atoms with E-state index in [9.17, 15) is 9.59 Å². The number of hydrogen-bond acceptors (Lipinski definition) is 4. The number of nitrogens with one attached hydrogen (secondary N) is 2. The number of H-pyrrole nitrogens is 1. The first-order valence-corrected chi connectivity index (χ1v) is 8.53. The lowest BCUT2D eigenvalue weighted by Crippen LogP contribution is -2.25. The zero-order chi connectivity index (χ0) is 17.4. The maximum absolute atomic E-state index is 12.5. The summed E-state index contributed by atoms with van der Waals surface area (Å²) in [6.07, 6.45) is 3.61. The van der Waals surface area contributed by atoms with E-state index in [1.54, 1.807) is 24.3 Å². The summed E-state index contributed by atoms with van der Waals surface area (Å²) < 4.78 is 1.33. The summed E-state index contributed by atoms with van der Waals surface area (Å²) in [6.45, 7) is 0. The van der Waals surface area contributed by atoms with E-state index in [1.807, 2.05) is 0 Å². The molecule has 0 saturated carbocycles. The maximum atomic E-state index is 12.5. The molecule has 7 nitrogen and oxygen atoms in total. The van der Waals surface area contributed by atoms with Gasteiger partial charge in [0.15, 0.2) is 0 Å². The van der Waals surface area contributed by atoms with Crippen LogP contribution in [0, 0.1) is 0 Å². The summed E-state index contributed by atoms with van der Waals surface area (Å²) in [7, 11) is 0. The molecule has 1 amide bonds. The van der Waals surface area contributed by atoms with Crippen molar-refractivity contribution in [2.45, 2.75) is 32.1 Å². The Kier molecular flexibility index (Phi) is 4.01. The Morgan fingerprint density at radius 3 is 2.76 bits per heavy atom. The molecule has 0 bridgehead atoms. The first kappa shape index (κ1) is 15.8. The standard InChI is InChI=1S/C17H16ClN5O2/c18-10-5-7-11(8-6-10)19-15(24)9-14-21-17-20-13-4-2-1-3-12(13)16(25)23(17)22-14/h5-8H,1-4,9H2,(H,19,24)(H,20,21,22). The van der Waals surface area contributed by atoms with E-state index in [4.69, 9.17) is 11.6 Å². The molecule has 8 heteroatoms. The molecule has 0 spiro atoms. The minimum Gasteiger partial charge on any atom is -0.326 e. The van der Waals surface area contributed by atoms with E-state index in [0.29, 0.717) is 22.3 Å². The molecule has 0 atom stereocenters. The fraction of sp³-hybridized carbons (Fsp3) is 0.294. The highest BCUT2D eigenvalue weighted by atomic mass is 35.5. The minimum absolute atomic E-state index is 0.0239. The number of aromatic nitrogens is 4. The van der Waals surface area contributed by atoms with Gasteiger partial charge in [0.05, 0.1) is 12.1 Å². The molecule has 1 aromatic carbocycles. The number of aromatic amines is 1. The average molecular weight is 358 g/mol. The van der Waals surface area contributed by atoms with Gasteiger partial charge >= 0.3 is 0 Å². The second kappa shape index (κ2) is 6.33. The van der Waals surface area contributed by atoms with Gasteiger partial charge in [-0.1, -0.05) is 11.6 Å². The Morgan fingerprint density at radius 1 is 1.20 bits per heavy atom. The zero-order valence-corrected chi connectivity index (χ0v) is 14.1. The highest BCUT2D eigenvalue weighted by molar-refractivity contribution is 6.30. The van der Waals surface area contributed by atoms with Crippen LogP contribution in [0.3, 0.4) is 0 Å². The van der Waals surface area contributed by atoms with Gasteiger partial charge in [0.25, 0.3) is 11.3 Å². The summed E-state index contributed by atoms with van der Waals surface area (Å²) >= 11 is 5.82. The SMILES string of the molecule is O=C(Cc1nc2nc3c(c(=O)n2[nH]1)CCCC3)Nc1ccc(Cl)cc1. The Balaban J connectivity index is 1.57. The average Bonchev–Trinajstić information content (AvgIpc) is 2.99. The monoisotopic (exact) mass is 357 g/mol. The van der Waals surface area contributed by atoms with Crippen LogP contribution < -0.4 is 10.9 Å². The van der Waals surface area contributed by atoms with Crippen LogP contribution in [0.2, 0.25) is 5.02 Å². The molecule has 0 saturated heterocycles. The van der Waals surface area contributed by atoms with Crippen molar-refractivity contribution in [2.24, 2.45) is 0 Å². The van der Waals surface area contributed by atoms with Crippen molar-refractivity contribution in [3.8, 4) is 0 Å². The number of nitrogens with zero attached hydrogens (tertiary/aromatic N) is 3. The van der Waals surface area contributed by atoms with Crippen LogP contribution in [0.1, 0.15) is 29.9 Å². The Labute approximate surface area is 148 Å². The number of fused-ring (bicyclic) bond motifs is 2. The van der Waals surface area contributed by atoms with E-state index in [0.717, 1.165) is 36.9 Å². The van der Waals surface area contributed by atoms with Crippen LogP contribution in [0.5, 0.6) is 0 Å². The number of carbonyl (C=O) groups excluding carboxylic acids is 1. The Morgan fingerprint density at radius 2 is 1.96 bits per heavy atom. The highest BCUT2D eigenvalue weighted by Crippen LogP contribution is 2.17. The quantitative estimate of drug-likeness (QED) is 0.751. The van der Waals surface area contributed by atoms with Crippen molar-refractivity contribution in [1.82, 2.24) is 19.6 Å². The molecule has 1 aliphatic carbocycles. The number of halogens is 1. The fourth-order valence-electron chi connectivity index (χ4n) is 3.06. The van der Waals surface area contributed by atoms with E-state index >= 15 is 0 Å². The number of anilines is 1. The molecule has 1 aliphatic rings. The van der Waals surface area contributed by atoms with E-state index in [2.05, 4.69) is 20.4 Å². The molecular weight excluding hydrogens is 342 g/mol. The predicted octanol–water partition coefficient (Wildman–Crippen LogP) is 2.13. The number of rotatable bonds is 3. The molecule has 2 aromatic heterocycles. The maximum Gasteiger partial charge on any atom is 0.277 e. The predicted molar refractivity (Wildman–Crippen MR) is 94.0 cm³/mol. The summed E-state index contributed by atoms with van der Waals surface area (Å²) in [5, 5.41) is 6.26. The molecule has 3 aromatic rings. The summed E-state index contributed by atoms with van der Waals surface area (Å²) in [5.41, 5.74) is 2.12. The van der Waals surface area contributed by atoms with Gasteiger partial charge in [-0.15, -0.1) is 0 Å². The Bertz CT molecular complexity index is 1010. The van der Waals surface area contributed by atoms with Gasteiger partial charge < -0.3 is 5.32 Å². The van der Waals surface area contributed by atoms with Gasteiger partial charge in [-0.05, 0) is 49.9 Å². The van der Waals surface area contributed by atoms with Gasteiger partial charge in [0.2, 0.25) is 5.91 Å². The molecule has 0 unspecified atom stereocenters. The van der Waals surface area contributed by atoms with Crippen molar-refractivity contribution in [3.63, 3.8) is 0 Å². The largest absolute Gasteiger partial charge is 0.326 e. The van der Waals surface area contributed by atoms with Crippen molar-refractivity contribution in [2.75, 3.05) is 5.32 Å². The highest BCUT2D eigenvalue weighted by Gasteiger charge is 2.19. The molecule has 0 radical (unpaired) electrons. The Hall–Kier alpha value is -2.67. The minimum atomic E-state index is -0.237. The van der Waals surface area contributed by atoms with Crippen LogP contribution in [0.15, 0.2) is 29.1 Å². The van der Waals surface area contributed by atoms with Crippen molar-refractivity contribution in [1.29, 1.82) is 0 Å². The lowest BCUT2D eigenvalue weighted by Gasteiger charge is -2.12. The van der Waals surface area contributed by atoms with Gasteiger partial charge in [-0.3, -0.25) is 14.7 Å². The molecule has 2 heterocycles. The summed E-state index contributed by atoms with van der Waals surface area (Å²) in [6, 6.07) is 6.84. The van der Waals surface area contributed by atoms with E-state index in [1.165, 1.54) is 4.52 Å².